The van der Waals surface area contributed by atoms with Gasteiger partial charge >= 0.3 is 12.1 Å². The first-order valence-corrected chi connectivity index (χ1v) is 16.4. The number of esters is 1. The van der Waals surface area contributed by atoms with Gasteiger partial charge in [-0.25, -0.2) is 4.79 Å². The highest BCUT2D eigenvalue weighted by atomic mass is 16.6. The van der Waals surface area contributed by atoms with Gasteiger partial charge in [-0.1, -0.05) is 72.5 Å². The Morgan fingerprint density at radius 1 is 0.958 bits per heavy atom. The number of alkyl carbamates (subject to hydrolysis) is 1. The van der Waals surface area contributed by atoms with E-state index in [0.717, 1.165) is 0 Å². The van der Waals surface area contributed by atoms with E-state index < -0.39 is 35.7 Å². The number of hydrogen-bond donors (Lipinski definition) is 1. The Bertz CT molecular complexity index is 1650. The van der Waals surface area contributed by atoms with Crippen LogP contribution in [0.4, 0.5) is 10.5 Å². The molecule has 1 aliphatic heterocycles. The second kappa shape index (κ2) is 16.1. The number of amides is 3. The fraction of sp³-hybridized carbons (Fsp3) is 0.385. The van der Waals surface area contributed by atoms with Crippen molar-refractivity contribution >= 4 is 29.6 Å². The summed E-state index contributed by atoms with van der Waals surface area (Å²) in [7, 11) is 0. The Kier molecular flexibility index (Phi) is 12.0. The summed E-state index contributed by atoms with van der Waals surface area (Å²) in [6, 6.07) is 21.7. The van der Waals surface area contributed by atoms with E-state index in [9.17, 15) is 19.2 Å². The van der Waals surface area contributed by atoms with Gasteiger partial charge in [-0.3, -0.25) is 14.4 Å². The molecule has 0 saturated heterocycles. The zero-order valence-electron chi connectivity index (χ0n) is 28.6. The Morgan fingerprint density at radius 2 is 1.62 bits per heavy atom. The van der Waals surface area contributed by atoms with Crippen molar-refractivity contribution in [3.05, 3.63) is 101 Å². The second-order valence-electron chi connectivity index (χ2n) is 12.8. The van der Waals surface area contributed by atoms with Gasteiger partial charge in [0.25, 0.3) is 11.8 Å². The van der Waals surface area contributed by atoms with E-state index in [0.29, 0.717) is 47.3 Å². The lowest BCUT2D eigenvalue weighted by molar-refractivity contribution is -0.145. The highest BCUT2D eigenvalue weighted by Gasteiger charge is 2.45. The molecule has 9 nitrogen and oxygen atoms in total. The minimum absolute atomic E-state index is 0.131. The number of unbranched alkanes of at least 4 members (excludes halogenated alkanes) is 1. The third-order valence-corrected chi connectivity index (χ3v) is 7.67. The predicted molar refractivity (Wildman–Crippen MR) is 185 cm³/mol. The molecule has 2 atom stereocenters. The first-order valence-electron chi connectivity index (χ1n) is 16.4. The molecular weight excluding hydrogens is 606 g/mol. The van der Waals surface area contributed by atoms with Gasteiger partial charge in [-0.2, -0.15) is 0 Å². The summed E-state index contributed by atoms with van der Waals surface area (Å²) < 4.78 is 10.6. The highest BCUT2D eigenvalue weighted by Crippen LogP contribution is 2.42. The number of nitrogens with one attached hydrogen (secondary N) is 1. The van der Waals surface area contributed by atoms with Gasteiger partial charge in [0.1, 0.15) is 11.6 Å². The highest BCUT2D eigenvalue weighted by molar-refractivity contribution is 6.12. The summed E-state index contributed by atoms with van der Waals surface area (Å²) in [5, 5.41) is 2.73. The van der Waals surface area contributed by atoms with Crippen molar-refractivity contribution < 1.29 is 28.7 Å². The second-order valence-corrected chi connectivity index (χ2v) is 12.8. The van der Waals surface area contributed by atoms with Crippen molar-refractivity contribution in [1.29, 1.82) is 0 Å². The van der Waals surface area contributed by atoms with Crippen LogP contribution in [0.5, 0.6) is 0 Å². The molecule has 9 heteroatoms. The summed E-state index contributed by atoms with van der Waals surface area (Å²) in [5.74, 6) is 5.14. The normalized spacial score (nSPS) is 15.2. The number of nitrogens with zero attached hydrogens (tertiary/aromatic N) is 2. The van der Waals surface area contributed by atoms with Crippen LogP contribution < -0.4 is 10.2 Å². The SMILES string of the molecule is CCOC(=O)CC(c1ccccc1)N1C(=O)c2cc(C#CCCCNC(=O)OC(C)(C)C)ccc2N(C(C)C)C(=O)C1c1ccccc1. The maximum absolute atomic E-state index is 14.9. The first-order chi connectivity index (χ1) is 22.9. The fourth-order valence-corrected chi connectivity index (χ4v) is 5.69. The monoisotopic (exact) mass is 651 g/mol. The summed E-state index contributed by atoms with van der Waals surface area (Å²) in [5.41, 5.74) is 2.19. The minimum atomic E-state index is -1.01. The molecule has 3 aromatic carbocycles. The van der Waals surface area contributed by atoms with E-state index in [-0.39, 0.29) is 25.0 Å². The molecule has 48 heavy (non-hydrogen) atoms. The standard InChI is InChI=1S/C39H45N3O6/c1-7-47-34(43)26-33(29-18-12-8-13-19-29)42-35(30-20-14-9-15-21-30)37(45)41(27(2)3)32-23-22-28(25-31(32)36(42)44)17-11-10-16-24-40-38(46)48-39(4,5)6/h8-9,12-15,18-23,25,27,33,35H,7,10,16,24,26H2,1-6H3,(H,40,46). The third-order valence-electron chi connectivity index (χ3n) is 7.67. The zero-order chi connectivity index (χ0) is 34.8. The van der Waals surface area contributed by atoms with Gasteiger partial charge in [0.2, 0.25) is 0 Å². The lowest BCUT2D eigenvalue weighted by Gasteiger charge is -2.37. The molecule has 0 saturated carbocycles. The lowest BCUT2D eigenvalue weighted by atomic mass is 9.95. The molecule has 0 bridgehead atoms. The maximum atomic E-state index is 14.9. The largest absolute Gasteiger partial charge is 0.466 e. The number of anilines is 1. The molecular formula is C39H45N3O6. The van der Waals surface area contributed by atoms with E-state index in [4.69, 9.17) is 9.47 Å². The first kappa shape index (κ1) is 35.7. The maximum Gasteiger partial charge on any atom is 0.407 e. The van der Waals surface area contributed by atoms with Crippen LogP contribution >= 0.6 is 0 Å². The van der Waals surface area contributed by atoms with Gasteiger partial charge in [-0.05, 0) is 77.3 Å². The molecule has 0 radical (unpaired) electrons. The van der Waals surface area contributed by atoms with Crippen molar-refractivity contribution in [2.24, 2.45) is 0 Å². The molecule has 4 rings (SSSR count). The predicted octanol–water partition coefficient (Wildman–Crippen LogP) is 6.98. The number of rotatable bonds is 10. The Balaban J connectivity index is 1.75. The smallest absolute Gasteiger partial charge is 0.407 e. The van der Waals surface area contributed by atoms with Crippen LogP contribution in [0.1, 0.15) is 99.9 Å². The van der Waals surface area contributed by atoms with E-state index in [2.05, 4.69) is 17.2 Å². The molecule has 2 unspecified atom stereocenters. The van der Waals surface area contributed by atoms with Crippen LogP contribution in [0, 0.1) is 11.8 Å². The number of carbonyl (C=O) groups excluding carboxylic acids is 4. The number of hydrogen-bond acceptors (Lipinski definition) is 6. The zero-order valence-corrected chi connectivity index (χ0v) is 28.6. The van der Waals surface area contributed by atoms with Gasteiger partial charge in [-0.15, -0.1) is 0 Å². The third kappa shape index (κ3) is 9.03. The number of fused-ring (bicyclic) bond motifs is 1. The fourth-order valence-electron chi connectivity index (χ4n) is 5.69. The summed E-state index contributed by atoms with van der Waals surface area (Å²) in [6.07, 6.45) is 0.521. The minimum Gasteiger partial charge on any atom is -0.466 e. The average molecular weight is 652 g/mol. The van der Waals surface area contributed by atoms with Crippen LogP contribution in [-0.2, 0) is 19.1 Å². The summed E-state index contributed by atoms with van der Waals surface area (Å²) in [4.78, 5) is 57.8. The van der Waals surface area contributed by atoms with Gasteiger partial charge in [0.15, 0.2) is 0 Å². The van der Waals surface area contributed by atoms with Crippen LogP contribution in [0.15, 0.2) is 78.9 Å². The molecule has 1 aliphatic rings. The van der Waals surface area contributed by atoms with Crippen molar-refractivity contribution in [3.63, 3.8) is 0 Å². The topological polar surface area (TPSA) is 105 Å². The molecule has 1 heterocycles. The molecule has 0 fully saturated rings. The number of carbonyl (C=O) groups is 4. The van der Waals surface area contributed by atoms with E-state index in [1.54, 1.807) is 34.9 Å². The van der Waals surface area contributed by atoms with E-state index in [1.165, 1.54) is 0 Å². The van der Waals surface area contributed by atoms with E-state index in [1.807, 2.05) is 95.3 Å². The molecule has 3 amide bonds. The Hall–Kier alpha value is -5.10. The molecule has 0 aliphatic carbocycles. The Morgan fingerprint density at radius 3 is 2.25 bits per heavy atom. The van der Waals surface area contributed by atoms with Crippen molar-refractivity contribution in [3.8, 4) is 11.8 Å². The van der Waals surface area contributed by atoms with Crippen molar-refractivity contribution in [1.82, 2.24) is 10.2 Å². The van der Waals surface area contributed by atoms with Crippen LogP contribution in [0.25, 0.3) is 0 Å². The molecule has 0 spiro atoms. The van der Waals surface area contributed by atoms with Crippen LogP contribution in [0.3, 0.4) is 0 Å². The van der Waals surface area contributed by atoms with Gasteiger partial charge in [0, 0.05) is 24.6 Å². The van der Waals surface area contributed by atoms with Gasteiger partial charge < -0.3 is 24.6 Å². The number of ether oxygens (including phenoxy) is 2. The van der Waals surface area contributed by atoms with Crippen molar-refractivity contribution in [2.75, 3.05) is 18.1 Å². The molecule has 3 aromatic rings. The molecule has 0 aromatic heterocycles. The van der Waals surface area contributed by atoms with Crippen molar-refractivity contribution in [2.45, 2.75) is 84.5 Å². The average Bonchev–Trinajstić information content (AvgIpc) is 3.13. The van der Waals surface area contributed by atoms with Crippen LogP contribution in [-0.4, -0.2) is 53.6 Å². The van der Waals surface area contributed by atoms with E-state index >= 15 is 0 Å². The van der Waals surface area contributed by atoms with Crippen LogP contribution in [0.2, 0.25) is 0 Å². The quantitative estimate of drug-likeness (QED) is 0.144. The summed E-state index contributed by atoms with van der Waals surface area (Å²) in [6.45, 7) is 11.6. The Labute approximate surface area is 283 Å². The molecule has 252 valence electrons. The lowest BCUT2D eigenvalue weighted by Crippen LogP contribution is -2.46. The summed E-state index contributed by atoms with van der Waals surface area (Å²) >= 11 is 0. The molecule has 1 N–H and O–H groups in total. The number of benzene rings is 3. The van der Waals surface area contributed by atoms with Gasteiger partial charge in [0.05, 0.1) is 30.3 Å².